The van der Waals surface area contributed by atoms with Gasteiger partial charge in [-0.1, -0.05) is 331 Å². The molecule has 0 saturated heterocycles. The minimum atomic E-state index is -4.96. The lowest BCUT2D eigenvalue weighted by molar-refractivity contribution is -0.161. The van der Waals surface area contributed by atoms with Crippen LogP contribution in [0.1, 0.15) is 382 Å². The Morgan fingerprint density at radius 2 is 0.489 bits per heavy atom. The van der Waals surface area contributed by atoms with Crippen molar-refractivity contribution in [3.8, 4) is 0 Å². The van der Waals surface area contributed by atoms with Crippen molar-refractivity contribution in [3.63, 3.8) is 0 Å². The Bertz CT molecular complexity index is 1840. The van der Waals surface area contributed by atoms with Gasteiger partial charge in [0.2, 0.25) is 0 Å². The fourth-order valence-corrected chi connectivity index (χ4v) is 13.0. The van der Waals surface area contributed by atoms with E-state index in [2.05, 4.69) is 48.5 Å². The van der Waals surface area contributed by atoms with E-state index >= 15 is 0 Å². The van der Waals surface area contributed by atoms with E-state index in [0.29, 0.717) is 25.7 Å². The normalized spacial score (nSPS) is 14.1. The molecule has 0 aliphatic rings. The van der Waals surface area contributed by atoms with Gasteiger partial charge in [-0.25, -0.2) is 9.13 Å². The zero-order valence-corrected chi connectivity index (χ0v) is 63.2. The number of hydrogen-bond acceptors (Lipinski definition) is 15. The van der Waals surface area contributed by atoms with Gasteiger partial charge >= 0.3 is 39.5 Å². The number of rotatable bonds is 73. The number of aliphatic hydroxyl groups excluding tert-OH is 1. The van der Waals surface area contributed by atoms with Crippen molar-refractivity contribution >= 4 is 39.5 Å². The lowest BCUT2D eigenvalue weighted by Crippen LogP contribution is -2.30. The van der Waals surface area contributed by atoms with E-state index in [4.69, 9.17) is 37.0 Å². The smallest absolute Gasteiger partial charge is 0.462 e. The Morgan fingerprint density at radius 1 is 0.287 bits per heavy atom. The second kappa shape index (κ2) is 65.7. The Kier molecular flexibility index (Phi) is 64.3. The SMILES string of the molecule is CCCCCCCCCC(=O)OC[C@H](COP(=O)(O)OC[C@H](O)COP(=O)(O)OC[C@@H](COC(=O)CCCCCCCCCCCCCCCC(C)C)OC(=O)CCCCCCCCCCCCCCCCCC(C)C)OC(=O)CCCCCCCCCCCCC(C)C. The molecular formula is C75H146O17P2. The van der Waals surface area contributed by atoms with Crippen LogP contribution < -0.4 is 0 Å². The van der Waals surface area contributed by atoms with Gasteiger partial charge in [-0.2, -0.15) is 0 Å². The summed E-state index contributed by atoms with van der Waals surface area (Å²) in [4.78, 5) is 72.6. The van der Waals surface area contributed by atoms with Crippen LogP contribution in [0.25, 0.3) is 0 Å². The third-order valence-electron chi connectivity index (χ3n) is 17.4. The summed E-state index contributed by atoms with van der Waals surface area (Å²) in [6.07, 6.45) is 51.4. The molecular weight excluding hydrogens is 1230 g/mol. The fraction of sp³-hybridized carbons (Fsp3) is 0.947. The van der Waals surface area contributed by atoms with Crippen molar-refractivity contribution in [1.82, 2.24) is 0 Å². The maximum atomic E-state index is 13.1. The van der Waals surface area contributed by atoms with Crippen molar-refractivity contribution in [1.29, 1.82) is 0 Å². The highest BCUT2D eigenvalue weighted by molar-refractivity contribution is 7.47. The van der Waals surface area contributed by atoms with Gasteiger partial charge in [0.15, 0.2) is 12.2 Å². The molecule has 0 bridgehead atoms. The molecule has 0 heterocycles. The molecule has 3 N–H and O–H groups in total. The van der Waals surface area contributed by atoms with Gasteiger partial charge in [-0.15, -0.1) is 0 Å². The number of ether oxygens (including phenoxy) is 4. The summed E-state index contributed by atoms with van der Waals surface area (Å²) in [5.74, 6) is 0.223. The zero-order chi connectivity index (χ0) is 69.4. The van der Waals surface area contributed by atoms with Crippen molar-refractivity contribution < 1.29 is 80.2 Å². The molecule has 19 heteroatoms. The molecule has 0 aliphatic carbocycles. The van der Waals surface area contributed by atoms with Gasteiger partial charge in [0.05, 0.1) is 26.4 Å². The average molecular weight is 1380 g/mol. The minimum Gasteiger partial charge on any atom is -0.462 e. The topological polar surface area (TPSA) is 237 Å². The molecule has 0 rings (SSSR count). The molecule has 0 aliphatic heterocycles. The summed E-state index contributed by atoms with van der Waals surface area (Å²) in [5, 5.41) is 10.6. The largest absolute Gasteiger partial charge is 0.472 e. The Morgan fingerprint density at radius 3 is 0.723 bits per heavy atom. The van der Waals surface area contributed by atoms with Crippen LogP contribution in [-0.2, 0) is 65.4 Å². The van der Waals surface area contributed by atoms with Gasteiger partial charge in [0, 0.05) is 25.7 Å². The molecule has 5 atom stereocenters. The number of phosphoric ester groups is 2. The Balaban J connectivity index is 5.20. The number of carbonyl (C=O) groups is 4. The van der Waals surface area contributed by atoms with Crippen LogP contribution in [0.3, 0.4) is 0 Å². The van der Waals surface area contributed by atoms with E-state index in [0.717, 1.165) is 120 Å². The number of hydrogen-bond donors (Lipinski definition) is 3. The lowest BCUT2D eigenvalue weighted by atomic mass is 10.0. The third kappa shape index (κ3) is 68.6. The second-order valence-corrected chi connectivity index (χ2v) is 31.4. The first-order valence-electron chi connectivity index (χ1n) is 38.8. The zero-order valence-electron chi connectivity index (χ0n) is 61.4. The van der Waals surface area contributed by atoms with Crippen molar-refractivity contribution in [2.75, 3.05) is 39.6 Å². The number of esters is 4. The first-order valence-corrected chi connectivity index (χ1v) is 41.8. The summed E-state index contributed by atoms with van der Waals surface area (Å²) < 4.78 is 68.4. The monoisotopic (exact) mass is 1380 g/mol. The summed E-state index contributed by atoms with van der Waals surface area (Å²) in [6.45, 7) is 11.9. The van der Waals surface area contributed by atoms with E-state index in [9.17, 15) is 43.2 Å². The van der Waals surface area contributed by atoms with Crippen LogP contribution >= 0.6 is 15.6 Å². The lowest BCUT2D eigenvalue weighted by Gasteiger charge is -2.21. The number of carbonyl (C=O) groups excluding carboxylic acids is 4. The van der Waals surface area contributed by atoms with Crippen molar-refractivity contribution in [2.45, 2.75) is 401 Å². The molecule has 0 aromatic rings. The highest BCUT2D eigenvalue weighted by Gasteiger charge is 2.30. The summed E-state index contributed by atoms with van der Waals surface area (Å²) >= 11 is 0. The highest BCUT2D eigenvalue weighted by atomic mass is 31.2. The van der Waals surface area contributed by atoms with Gasteiger partial charge in [0.1, 0.15) is 19.3 Å². The molecule has 0 spiro atoms. The quantitative estimate of drug-likeness (QED) is 0.0222. The van der Waals surface area contributed by atoms with Gasteiger partial charge in [-0.3, -0.25) is 37.3 Å². The predicted molar refractivity (Wildman–Crippen MR) is 381 cm³/mol. The maximum Gasteiger partial charge on any atom is 0.472 e. The van der Waals surface area contributed by atoms with Crippen LogP contribution in [0, 0.1) is 17.8 Å². The van der Waals surface area contributed by atoms with Gasteiger partial charge < -0.3 is 33.8 Å². The minimum absolute atomic E-state index is 0.105. The Labute approximate surface area is 575 Å². The van der Waals surface area contributed by atoms with Crippen LogP contribution in [-0.4, -0.2) is 96.7 Å². The number of aliphatic hydroxyl groups is 1. The summed E-state index contributed by atoms with van der Waals surface area (Å²) in [6, 6.07) is 0. The molecule has 17 nitrogen and oxygen atoms in total. The second-order valence-electron chi connectivity index (χ2n) is 28.5. The molecule has 558 valence electrons. The summed E-state index contributed by atoms with van der Waals surface area (Å²) in [5.41, 5.74) is 0. The van der Waals surface area contributed by atoms with Crippen LogP contribution in [0.2, 0.25) is 0 Å². The maximum absolute atomic E-state index is 13.1. The van der Waals surface area contributed by atoms with Crippen molar-refractivity contribution in [2.24, 2.45) is 17.8 Å². The average Bonchev–Trinajstić information content (AvgIpc) is 1.22. The van der Waals surface area contributed by atoms with Gasteiger partial charge in [0.25, 0.3) is 0 Å². The van der Waals surface area contributed by atoms with Crippen molar-refractivity contribution in [3.05, 3.63) is 0 Å². The first-order chi connectivity index (χ1) is 45.2. The van der Waals surface area contributed by atoms with E-state index in [1.807, 2.05) is 0 Å². The molecule has 0 amide bonds. The van der Waals surface area contributed by atoms with E-state index in [1.165, 1.54) is 180 Å². The van der Waals surface area contributed by atoms with Crippen LogP contribution in [0.5, 0.6) is 0 Å². The van der Waals surface area contributed by atoms with E-state index in [-0.39, 0.29) is 25.7 Å². The van der Waals surface area contributed by atoms with E-state index in [1.54, 1.807) is 0 Å². The fourth-order valence-electron chi connectivity index (χ4n) is 11.4. The highest BCUT2D eigenvalue weighted by Crippen LogP contribution is 2.45. The van der Waals surface area contributed by atoms with Crippen LogP contribution in [0.4, 0.5) is 0 Å². The van der Waals surface area contributed by atoms with Gasteiger partial charge in [-0.05, 0) is 43.4 Å². The standard InChI is InChI=1S/C75H146O17P2/c1-8-9-10-11-32-42-49-56-72(77)85-62-70(91-75(80)59-52-45-38-31-25-24-28-35-41-48-55-68(6)7)64-89-93(81,82)87-60-69(76)61-88-94(83,84)90-65-71(63-86-73(78)57-50-43-36-29-22-19-15-17-21-27-34-40-47-54-67(4)5)92-74(79)58-51-44-37-30-23-18-14-12-13-16-20-26-33-39-46-53-66(2)3/h66-71,76H,8-65H2,1-7H3,(H,81,82)(H,83,84)/t69-,70+,71+/m0/s1. The molecule has 0 radical (unpaired) electrons. The molecule has 0 aromatic heterocycles. The van der Waals surface area contributed by atoms with E-state index < -0.39 is 97.5 Å². The first kappa shape index (κ1) is 92.1. The third-order valence-corrected chi connectivity index (χ3v) is 19.3. The predicted octanol–water partition coefficient (Wildman–Crippen LogP) is 21.8. The molecule has 2 unspecified atom stereocenters. The molecule has 0 saturated carbocycles. The molecule has 94 heavy (non-hydrogen) atoms. The number of unbranched alkanes of at least 4 members (excludes halogenated alkanes) is 41. The van der Waals surface area contributed by atoms with Crippen LogP contribution in [0.15, 0.2) is 0 Å². The Hall–Kier alpha value is -1.94. The number of phosphoric acid groups is 2. The molecule has 0 aromatic carbocycles. The summed E-state index contributed by atoms with van der Waals surface area (Å²) in [7, 11) is -9.91. The molecule has 0 fully saturated rings.